The van der Waals surface area contributed by atoms with Crippen molar-refractivity contribution in [3.8, 4) is 5.75 Å². The van der Waals surface area contributed by atoms with Crippen LogP contribution in [0.15, 0.2) is 54.7 Å². The van der Waals surface area contributed by atoms with Gasteiger partial charge in [0.15, 0.2) is 5.78 Å². The molecule has 0 fully saturated rings. The summed E-state index contributed by atoms with van der Waals surface area (Å²) in [5.74, 6) is 0.993. The van der Waals surface area contributed by atoms with Crippen molar-refractivity contribution in [1.29, 1.82) is 0 Å². The van der Waals surface area contributed by atoms with E-state index < -0.39 is 0 Å². The van der Waals surface area contributed by atoms with Gasteiger partial charge in [0.25, 0.3) is 0 Å². The van der Waals surface area contributed by atoms with Gasteiger partial charge >= 0.3 is 0 Å². The number of nitrogens with zero attached hydrogens (tertiary/aromatic N) is 2. The number of carbonyl (C=O) groups is 1. The minimum Gasteiger partial charge on any atom is -0.497 e. The topological polar surface area (TPSA) is 64.1 Å². The van der Waals surface area contributed by atoms with Gasteiger partial charge in [-0.2, -0.15) is 0 Å². The van der Waals surface area contributed by atoms with Crippen molar-refractivity contribution >= 4 is 17.4 Å². The lowest BCUT2D eigenvalue weighted by molar-refractivity contribution is 0.0962. The van der Waals surface area contributed by atoms with Gasteiger partial charge in [0.2, 0.25) is 5.95 Å². The van der Waals surface area contributed by atoms with Crippen LogP contribution in [0.25, 0.3) is 0 Å². The van der Waals surface area contributed by atoms with Crippen LogP contribution in [0.1, 0.15) is 34.0 Å². The van der Waals surface area contributed by atoms with Crippen LogP contribution in [0.5, 0.6) is 5.75 Å². The largest absolute Gasteiger partial charge is 0.497 e. The van der Waals surface area contributed by atoms with Gasteiger partial charge in [0.05, 0.1) is 18.4 Å². The maximum atomic E-state index is 13.0. The number of anilines is 2. The molecule has 136 valence electrons. The van der Waals surface area contributed by atoms with Crippen molar-refractivity contribution in [3.63, 3.8) is 0 Å². The van der Waals surface area contributed by atoms with Gasteiger partial charge in [-0.05, 0) is 54.3 Å². The summed E-state index contributed by atoms with van der Waals surface area (Å²) < 4.78 is 18.2. The Morgan fingerprint density at radius 1 is 1.07 bits per heavy atom. The Kier molecular flexibility index (Phi) is 4.54. The molecule has 0 saturated heterocycles. The van der Waals surface area contributed by atoms with Gasteiger partial charge in [0, 0.05) is 18.3 Å². The molecule has 2 aromatic carbocycles. The van der Waals surface area contributed by atoms with Crippen LogP contribution in [0.3, 0.4) is 0 Å². The van der Waals surface area contributed by atoms with E-state index in [0.717, 1.165) is 17.0 Å². The van der Waals surface area contributed by atoms with Crippen molar-refractivity contribution in [2.45, 2.75) is 18.8 Å². The highest BCUT2D eigenvalue weighted by atomic mass is 19.1. The summed E-state index contributed by atoms with van der Waals surface area (Å²) in [6.45, 7) is 0. The smallest absolute Gasteiger partial charge is 0.227 e. The number of benzene rings is 2. The van der Waals surface area contributed by atoms with Gasteiger partial charge in [-0.3, -0.25) is 4.79 Å². The summed E-state index contributed by atoms with van der Waals surface area (Å²) in [4.78, 5) is 21.3. The first-order chi connectivity index (χ1) is 13.1. The molecule has 0 amide bonds. The number of rotatable bonds is 4. The van der Waals surface area contributed by atoms with Gasteiger partial charge in [-0.15, -0.1) is 0 Å². The minimum absolute atomic E-state index is 0.0467. The van der Waals surface area contributed by atoms with Gasteiger partial charge < -0.3 is 10.1 Å². The number of hydrogen-bond acceptors (Lipinski definition) is 5. The highest BCUT2D eigenvalue weighted by Crippen LogP contribution is 2.33. The number of nitrogens with one attached hydrogen (secondary N) is 1. The zero-order chi connectivity index (χ0) is 18.8. The molecule has 0 saturated carbocycles. The van der Waals surface area contributed by atoms with Crippen LogP contribution in [0.4, 0.5) is 16.0 Å². The molecule has 1 N–H and O–H groups in total. The molecular weight excluding hydrogens is 345 g/mol. The number of Topliss-reactive ketones (excluding diaryl/α,β-unsaturated/α-hetero) is 1. The number of halogens is 1. The van der Waals surface area contributed by atoms with Crippen molar-refractivity contribution in [2.75, 3.05) is 12.4 Å². The Morgan fingerprint density at radius 2 is 1.81 bits per heavy atom. The number of aromatic nitrogens is 2. The van der Waals surface area contributed by atoms with Crippen molar-refractivity contribution in [1.82, 2.24) is 9.97 Å². The first-order valence-corrected chi connectivity index (χ1v) is 8.68. The van der Waals surface area contributed by atoms with E-state index in [2.05, 4.69) is 15.3 Å². The quantitative estimate of drug-likeness (QED) is 0.749. The molecule has 6 heteroatoms. The maximum absolute atomic E-state index is 13.0. The molecule has 1 aliphatic carbocycles. The standard InChI is InChI=1S/C21H18FN3O2/c1-27-17-8-2-13(3-9-17)14-10-19-18(20(26)11-14)12-23-21(25-19)24-16-6-4-15(22)5-7-16/h2-9,12,14H,10-11H2,1H3,(H,23,24,25). The van der Waals surface area contributed by atoms with Crippen LogP contribution in [-0.4, -0.2) is 22.9 Å². The summed E-state index contributed by atoms with van der Waals surface area (Å²) in [6.07, 6.45) is 2.67. The Bertz CT molecular complexity index is 972. The van der Waals surface area contributed by atoms with E-state index in [1.165, 1.54) is 12.1 Å². The normalized spacial score (nSPS) is 15.9. The Hall–Kier alpha value is -3.28. The van der Waals surface area contributed by atoms with Crippen LogP contribution in [0.2, 0.25) is 0 Å². The molecule has 0 radical (unpaired) electrons. The van der Waals surface area contributed by atoms with E-state index in [4.69, 9.17) is 4.74 Å². The summed E-state index contributed by atoms with van der Waals surface area (Å²) in [5.41, 5.74) is 3.07. The second-order valence-electron chi connectivity index (χ2n) is 6.49. The molecule has 27 heavy (non-hydrogen) atoms. The Labute approximate surface area is 156 Å². The molecule has 1 unspecified atom stereocenters. The molecule has 5 nitrogen and oxygen atoms in total. The van der Waals surface area contributed by atoms with E-state index >= 15 is 0 Å². The SMILES string of the molecule is COc1ccc(C2CC(=O)c3cnc(Nc4ccc(F)cc4)nc3C2)cc1. The fourth-order valence-electron chi connectivity index (χ4n) is 3.28. The van der Waals surface area contributed by atoms with Crippen LogP contribution in [-0.2, 0) is 6.42 Å². The van der Waals surface area contributed by atoms with Crippen LogP contribution >= 0.6 is 0 Å². The molecule has 1 heterocycles. The predicted molar refractivity (Wildman–Crippen MR) is 100 cm³/mol. The molecule has 0 spiro atoms. The third-order valence-corrected chi connectivity index (χ3v) is 4.73. The third-order valence-electron chi connectivity index (χ3n) is 4.73. The summed E-state index contributed by atoms with van der Waals surface area (Å²) in [7, 11) is 1.63. The number of ether oxygens (including phenoxy) is 1. The van der Waals surface area contributed by atoms with Crippen LogP contribution in [0, 0.1) is 5.82 Å². The molecule has 1 atom stereocenters. The number of carbonyl (C=O) groups excluding carboxylic acids is 1. The third kappa shape index (κ3) is 3.65. The van der Waals surface area contributed by atoms with Crippen LogP contribution < -0.4 is 10.1 Å². The second-order valence-corrected chi connectivity index (χ2v) is 6.49. The zero-order valence-corrected chi connectivity index (χ0v) is 14.8. The van der Waals surface area contributed by atoms with Crippen molar-refractivity contribution < 1.29 is 13.9 Å². The molecule has 0 bridgehead atoms. The van der Waals surface area contributed by atoms with E-state index in [0.29, 0.717) is 30.0 Å². The van der Waals surface area contributed by atoms with Crippen molar-refractivity contribution in [3.05, 3.63) is 77.4 Å². The number of ketones is 1. The van der Waals surface area contributed by atoms with E-state index in [1.54, 1.807) is 25.4 Å². The zero-order valence-electron chi connectivity index (χ0n) is 14.8. The van der Waals surface area contributed by atoms with E-state index in [1.807, 2.05) is 24.3 Å². The fourth-order valence-corrected chi connectivity index (χ4v) is 3.28. The number of methoxy groups -OCH3 is 1. The first-order valence-electron chi connectivity index (χ1n) is 8.68. The highest BCUT2D eigenvalue weighted by Gasteiger charge is 2.28. The lowest BCUT2D eigenvalue weighted by atomic mass is 9.82. The summed E-state index contributed by atoms with van der Waals surface area (Å²) >= 11 is 0. The van der Waals surface area contributed by atoms with E-state index in [-0.39, 0.29) is 17.5 Å². The molecular formula is C21H18FN3O2. The summed E-state index contributed by atoms with van der Waals surface area (Å²) in [6, 6.07) is 13.7. The lowest BCUT2D eigenvalue weighted by Gasteiger charge is -2.23. The molecule has 0 aliphatic heterocycles. The summed E-state index contributed by atoms with van der Waals surface area (Å²) in [5, 5.41) is 3.05. The van der Waals surface area contributed by atoms with E-state index in [9.17, 15) is 9.18 Å². The molecule has 1 aromatic heterocycles. The first kappa shape index (κ1) is 17.1. The molecule has 3 aromatic rings. The van der Waals surface area contributed by atoms with Gasteiger partial charge in [-0.25, -0.2) is 14.4 Å². The van der Waals surface area contributed by atoms with Gasteiger partial charge in [0.1, 0.15) is 11.6 Å². The fraction of sp³-hybridized carbons (Fsp3) is 0.190. The maximum Gasteiger partial charge on any atom is 0.227 e. The second kappa shape index (κ2) is 7.15. The Balaban J connectivity index is 1.58. The number of fused-ring (bicyclic) bond motifs is 1. The minimum atomic E-state index is -0.306. The predicted octanol–water partition coefficient (Wildman–Crippen LogP) is 4.28. The highest BCUT2D eigenvalue weighted by molar-refractivity contribution is 5.98. The van der Waals surface area contributed by atoms with Gasteiger partial charge in [-0.1, -0.05) is 12.1 Å². The Morgan fingerprint density at radius 3 is 2.52 bits per heavy atom. The molecule has 1 aliphatic rings. The average Bonchev–Trinajstić information content (AvgIpc) is 2.69. The molecule has 4 rings (SSSR count). The monoisotopic (exact) mass is 363 g/mol. The lowest BCUT2D eigenvalue weighted by Crippen LogP contribution is -2.21. The van der Waals surface area contributed by atoms with Crippen molar-refractivity contribution in [2.24, 2.45) is 0 Å². The number of hydrogen-bond donors (Lipinski definition) is 1. The average molecular weight is 363 g/mol.